The van der Waals surface area contributed by atoms with Crippen LogP contribution in [0, 0.1) is 5.95 Å². The van der Waals surface area contributed by atoms with Crippen LogP contribution in [0.25, 0.3) is 0 Å². The third kappa shape index (κ3) is 4.28. The number of nitrogens with zero attached hydrogens (tertiary/aromatic N) is 1. The molecule has 0 bridgehead atoms. The molecule has 0 spiro atoms. The predicted molar refractivity (Wildman–Crippen MR) is 51.6 cm³/mol. The van der Waals surface area contributed by atoms with E-state index < -0.39 is 48.1 Å². The van der Waals surface area contributed by atoms with Crippen LogP contribution < -0.4 is 4.74 Å². The van der Waals surface area contributed by atoms with Gasteiger partial charge in [0, 0.05) is 5.56 Å². The Morgan fingerprint density at radius 1 is 1.40 bits per heavy atom. The molecular weight excluding hydrogens is 296 g/mol. The highest BCUT2D eigenvalue weighted by atomic mass is 19.4. The van der Waals surface area contributed by atoms with Gasteiger partial charge in [0.25, 0.3) is 6.43 Å². The summed E-state index contributed by atoms with van der Waals surface area (Å²) in [6.07, 6.45) is -9.44. The number of aromatic nitrogens is 1. The largest absolute Gasteiger partial charge is 0.574 e. The maximum atomic E-state index is 13.4. The number of hydrogen-bond acceptors (Lipinski definition) is 4. The van der Waals surface area contributed by atoms with Crippen molar-refractivity contribution in [2.45, 2.75) is 19.2 Å². The second kappa shape index (κ2) is 5.97. The zero-order valence-electron chi connectivity index (χ0n) is 9.80. The van der Waals surface area contributed by atoms with Crippen LogP contribution in [0.1, 0.15) is 17.6 Å². The van der Waals surface area contributed by atoms with Gasteiger partial charge in [0.2, 0.25) is 11.8 Å². The fourth-order valence-electron chi connectivity index (χ4n) is 1.23. The number of esters is 1. The number of rotatable bonds is 4. The lowest BCUT2D eigenvalue weighted by atomic mass is 10.1. The minimum atomic E-state index is -5.30. The van der Waals surface area contributed by atoms with E-state index in [2.05, 4.69) is 14.5 Å². The summed E-state index contributed by atoms with van der Waals surface area (Å²) in [6.45, 7) is 0. The molecule has 1 heterocycles. The van der Waals surface area contributed by atoms with Crippen molar-refractivity contribution >= 4 is 5.97 Å². The van der Waals surface area contributed by atoms with Gasteiger partial charge in [-0.05, 0) is 6.07 Å². The van der Waals surface area contributed by atoms with E-state index in [1.165, 1.54) is 0 Å². The van der Waals surface area contributed by atoms with Crippen molar-refractivity contribution in [3.8, 4) is 5.88 Å². The molecule has 0 amide bonds. The Hall–Kier alpha value is -2.00. The Bertz CT molecular complexity index is 503. The number of hydrogen-bond donors (Lipinski definition) is 0. The van der Waals surface area contributed by atoms with Crippen molar-refractivity contribution in [2.24, 2.45) is 0 Å². The molecule has 1 rings (SSSR count). The number of carbonyl (C=O) groups is 1. The van der Waals surface area contributed by atoms with Crippen LogP contribution in [-0.4, -0.2) is 24.4 Å². The highest BCUT2D eigenvalue weighted by molar-refractivity contribution is 5.72. The molecule has 0 saturated heterocycles. The van der Waals surface area contributed by atoms with Crippen molar-refractivity contribution in [1.29, 1.82) is 0 Å². The number of carbonyl (C=O) groups excluding carboxylic acids is 1. The summed E-state index contributed by atoms with van der Waals surface area (Å²) in [6, 6.07) is 0.380. The second-order valence-electron chi connectivity index (χ2n) is 3.43. The van der Waals surface area contributed by atoms with Gasteiger partial charge in [-0.1, -0.05) is 0 Å². The summed E-state index contributed by atoms with van der Waals surface area (Å²) < 4.78 is 81.9. The fourth-order valence-corrected chi connectivity index (χ4v) is 1.23. The standard InChI is InChI=1S/C10H7F6NO3/c1-19-6(18)3-4-2-5(7(11)12)9(17-8(4)13)20-10(14,15)16/h2,7H,3H2,1H3. The van der Waals surface area contributed by atoms with Crippen molar-refractivity contribution in [1.82, 2.24) is 4.98 Å². The van der Waals surface area contributed by atoms with Crippen LogP contribution in [0.5, 0.6) is 5.88 Å². The van der Waals surface area contributed by atoms with Gasteiger partial charge >= 0.3 is 12.3 Å². The Kier molecular flexibility index (Phi) is 4.79. The van der Waals surface area contributed by atoms with Crippen LogP contribution >= 0.6 is 0 Å². The van der Waals surface area contributed by atoms with Gasteiger partial charge < -0.3 is 9.47 Å². The van der Waals surface area contributed by atoms with Crippen LogP contribution in [0.15, 0.2) is 6.07 Å². The molecule has 0 aliphatic heterocycles. The molecule has 0 unspecified atom stereocenters. The molecule has 0 atom stereocenters. The third-order valence-corrected chi connectivity index (χ3v) is 2.05. The maximum Gasteiger partial charge on any atom is 0.574 e. The summed E-state index contributed by atoms with van der Waals surface area (Å²) in [7, 11) is 0.975. The Morgan fingerprint density at radius 2 is 2.00 bits per heavy atom. The van der Waals surface area contributed by atoms with Crippen LogP contribution in [0.4, 0.5) is 26.3 Å². The Balaban J connectivity index is 3.21. The molecule has 0 fully saturated rings. The minimum absolute atomic E-state index is 0.380. The zero-order chi connectivity index (χ0) is 15.5. The van der Waals surface area contributed by atoms with E-state index in [0.29, 0.717) is 6.07 Å². The van der Waals surface area contributed by atoms with Gasteiger partial charge in [0.15, 0.2) is 0 Å². The van der Waals surface area contributed by atoms with Crippen molar-refractivity contribution < 1.29 is 40.6 Å². The number of halogens is 6. The van der Waals surface area contributed by atoms with Crippen molar-refractivity contribution in [3.05, 3.63) is 23.1 Å². The predicted octanol–water partition coefficient (Wildman–Crippen LogP) is 2.77. The lowest BCUT2D eigenvalue weighted by molar-refractivity contribution is -0.276. The third-order valence-electron chi connectivity index (χ3n) is 2.05. The van der Waals surface area contributed by atoms with E-state index in [0.717, 1.165) is 7.11 Å². The first-order chi connectivity index (χ1) is 9.14. The summed E-state index contributed by atoms with van der Waals surface area (Å²) in [5.41, 5.74) is -1.90. The normalized spacial score (nSPS) is 11.6. The van der Waals surface area contributed by atoms with Crippen LogP contribution in [0.3, 0.4) is 0 Å². The zero-order valence-corrected chi connectivity index (χ0v) is 9.80. The maximum absolute atomic E-state index is 13.4. The fraction of sp³-hybridized carbons (Fsp3) is 0.400. The molecule has 0 saturated carbocycles. The molecule has 20 heavy (non-hydrogen) atoms. The topological polar surface area (TPSA) is 48.4 Å². The van der Waals surface area contributed by atoms with E-state index in [4.69, 9.17) is 0 Å². The van der Waals surface area contributed by atoms with E-state index in [-0.39, 0.29) is 0 Å². The van der Waals surface area contributed by atoms with E-state index in [1.807, 2.05) is 0 Å². The van der Waals surface area contributed by atoms with E-state index in [9.17, 15) is 31.1 Å². The molecule has 10 heteroatoms. The monoisotopic (exact) mass is 303 g/mol. The molecule has 0 aromatic carbocycles. The van der Waals surface area contributed by atoms with Gasteiger partial charge in [0.1, 0.15) is 0 Å². The number of pyridine rings is 1. The molecule has 4 nitrogen and oxygen atoms in total. The van der Waals surface area contributed by atoms with Crippen LogP contribution in [0.2, 0.25) is 0 Å². The lowest BCUT2D eigenvalue weighted by Crippen LogP contribution is -2.20. The minimum Gasteiger partial charge on any atom is -0.469 e. The molecule has 0 radical (unpaired) electrons. The number of methoxy groups -OCH3 is 1. The molecule has 112 valence electrons. The van der Waals surface area contributed by atoms with Gasteiger partial charge in [-0.25, -0.2) is 8.78 Å². The average molecular weight is 303 g/mol. The second-order valence-corrected chi connectivity index (χ2v) is 3.43. The van der Waals surface area contributed by atoms with Crippen molar-refractivity contribution in [3.63, 3.8) is 0 Å². The number of alkyl halides is 5. The molecule has 1 aromatic rings. The Labute approximate surface area is 108 Å². The number of ether oxygens (including phenoxy) is 2. The van der Waals surface area contributed by atoms with E-state index >= 15 is 0 Å². The van der Waals surface area contributed by atoms with E-state index in [1.54, 1.807) is 0 Å². The van der Waals surface area contributed by atoms with Gasteiger partial charge in [-0.15, -0.1) is 13.2 Å². The molecule has 1 aromatic heterocycles. The summed E-state index contributed by atoms with van der Waals surface area (Å²) in [5, 5.41) is 0. The average Bonchev–Trinajstić information content (AvgIpc) is 2.29. The van der Waals surface area contributed by atoms with Gasteiger partial charge in [0.05, 0.1) is 19.1 Å². The first-order valence-corrected chi connectivity index (χ1v) is 4.94. The van der Waals surface area contributed by atoms with Crippen LogP contribution in [-0.2, 0) is 16.0 Å². The first kappa shape index (κ1) is 16.1. The summed E-state index contributed by atoms with van der Waals surface area (Å²) >= 11 is 0. The summed E-state index contributed by atoms with van der Waals surface area (Å²) in [4.78, 5) is 13.6. The van der Waals surface area contributed by atoms with Gasteiger partial charge in [-0.2, -0.15) is 9.37 Å². The van der Waals surface area contributed by atoms with Gasteiger partial charge in [-0.3, -0.25) is 4.79 Å². The highest BCUT2D eigenvalue weighted by Crippen LogP contribution is 2.32. The first-order valence-electron chi connectivity index (χ1n) is 4.94. The molecule has 0 aliphatic rings. The molecule has 0 N–H and O–H groups in total. The summed E-state index contributed by atoms with van der Waals surface area (Å²) in [5.74, 6) is -4.09. The SMILES string of the molecule is COC(=O)Cc1cc(C(F)F)c(OC(F)(F)F)nc1F. The quantitative estimate of drug-likeness (QED) is 0.487. The van der Waals surface area contributed by atoms with Crippen molar-refractivity contribution in [2.75, 3.05) is 7.11 Å². The molecular formula is C10H7F6NO3. The Morgan fingerprint density at radius 3 is 2.45 bits per heavy atom. The highest BCUT2D eigenvalue weighted by Gasteiger charge is 2.35. The molecule has 0 aliphatic carbocycles. The lowest BCUT2D eigenvalue weighted by Gasteiger charge is -2.13. The smallest absolute Gasteiger partial charge is 0.469 e.